The molecule has 1 heterocycles. The van der Waals surface area contributed by atoms with Crippen molar-refractivity contribution < 1.29 is 4.74 Å². The molecule has 0 spiro atoms. The molecule has 17 heavy (non-hydrogen) atoms. The van der Waals surface area contributed by atoms with E-state index < -0.39 is 0 Å². The first-order chi connectivity index (χ1) is 8.02. The van der Waals surface area contributed by atoms with Crippen LogP contribution < -0.4 is 10.2 Å². The second-order valence-corrected chi connectivity index (χ2v) is 4.28. The molecule has 5 nitrogen and oxygen atoms in total. The maximum absolute atomic E-state index is 5.52. The van der Waals surface area contributed by atoms with Gasteiger partial charge in [-0.25, -0.2) is 4.98 Å². The molecule has 0 unspecified atom stereocenters. The van der Waals surface area contributed by atoms with Gasteiger partial charge in [0.2, 0.25) is 5.95 Å². The van der Waals surface area contributed by atoms with Crippen LogP contribution in [0.15, 0.2) is 6.07 Å². The largest absolute Gasteiger partial charge is 0.377 e. The average Bonchev–Trinajstić information content (AvgIpc) is 2.27. The van der Waals surface area contributed by atoms with Gasteiger partial charge >= 0.3 is 0 Å². The van der Waals surface area contributed by atoms with Crippen molar-refractivity contribution in [3.63, 3.8) is 0 Å². The molecule has 0 aliphatic carbocycles. The van der Waals surface area contributed by atoms with E-state index in [0.29, 0.717) is 12.6 Å². The van der Waals surface area contributed by atoms with Crippen LogP contribution in [-0.2, 0) is 4.74 Å². The lowest BCUT2D eigenvalue weighted by atomic mass is 10.4. The van der Waals surface area contributed by atoms with Crippen molar-refractivity contribution in [1.82, 2.24) is 9.97 Å². The molecule has 0 aromatic carbocycles. The molecule has 1 N–H and O–H groups in total. The molecule has 0 bridgehead atoms. The molecule has 96 valence electrons. The van der Waals surface area contributed by atoms with Crippen molar-refractivity contribution in [2.24, 2.45) is 0 Å². The Balaban J connectivity index is 2.61. The van der Waals surface area contributed by atoms with Crippen LogP contribution >= 0.6 is 0 Å². The van der Waals surface area contributed by atoms with Crippen molar-refractivity contribution in [2.45, 2.75) is 26.9 Å². The van der Waals surface area contributed by atoms with Gasteiger partial charge in [0.05, 0.1) is 12.7 Å². The quantitative estimate of drug-likeness (QED) is 0.817. The highest BCUT2D eigenvalue weighted by atomic mass is 16.5. The van der Waals surface area contributed by atoms with E-state index in [-0.39, 0.29) is 6.10 Å². The van der Waals surface area contributed by atoms with Crippen LogP contribution in [0.3, 0.4) is 0 Å². The number of hydrogen-bond acceptors (Lipinski definition) is 5. The minimum atomic E-state index is 0.267. The Labute approximate surface area is 103 Å². The van der Waals surface area contributed by atoms with Gasteiger partial charge in [-0.1, -0.05) is 0 Å². The molecule has 0 amide bonds. The van der Waals surface area contributed by atoms with Crippen LogP contribution in [-0.4, -0.2) is 43.3 Å². The summed E-state index contributed by atoms with van der Waals surface area (Å²) in [4.78, 5) is 10.7. The van der Waals surface area contributed by atoms with Gasteiger partial charge in [-0.3, -0.25) is 0 Å². The summed E-state index contributed by atoms with van der Waals surface area (Å²) in [6.07, 6.45) is 0.267. The second-order valence-electron chi connectivity index (χ2n) is 4.28. The van der Waals surface area contributed by atoms with Crippen LogP contribution in [0.5, 0.6) is 0 Å². The zero-order valence-electron chi connectivity index (χ0n) is 11.3. The minimum Gasteiger partial charge on any atom is -0.377 e. The summed E-state index contributed by atoms with van der Waals surface area (Å²) in [5.41, 5.74) is 0.955. The van der Waals surface area contributed by atoms with Crippen LogP contribution in [0.25, 0.3) is 0 Å². The zero-order chi connectivity index (χ0) is 12.8. The third kappa shape index (κ3) is 4.56. The number of nitrogens with one attached hydrogen (secondary N) is 1. The van der Waals surface area contributed by atoms with Gasteiger partial charge in [0, 0.05) is 32.4 Å². The fourth-order valence-corrected chi connectivity index (χ4v) is 1.40. The second kappa shape index (κ2) is 6.39. The Kier molecular flexibility index (Phi) is 5.15. The Bertz CT molecular complexity index is 354. The highest BCUT2D eigenvalue weighted by molar-refractivity contribution is 5.43. The first-order valence-corrected chi connectivity index (χ1v) is 5.89. The molecule has 0 fully saturated rings. The fraction of sp³-hybridized carbons (Fsp3) is 0.667. The number of likely N-dealkylation sites (N-methyl/N-ethyl adjacent to an activating group) is 1. The Morgan fingerprint density at radius 1 is 1.41 bits per heavy atom. The average molecular weight is 238 g/mol. The van der Waals surface area contributed by atoms with Gasteiger partial charge in [-0.2, -0.15) is 4.98 Å². The van der Waals surface area contributed by atoms with Crippen molar-refractivity contribution in [1.29, 1.82) is 0 Å². The normalized spacial score (nSPS) is 10.7. The van der Waals surface area contributed by atoms with Gasteiger partial charge in [0.15, 0.2) is 0 Å². The van der Waals surface area contributed by atoms with Gasteiger partial charge in [0.25, 0.3) is 0 Å². The lowest BCUT2D eigenvalue weighted by Gasteiger charge is -2.19. The van der Waals surface area contributed by atoms with Gasteiger partial charge in [0.1, 0.15) is 5.82 Å². The number of aryl methyl sites for hydroxylation is 1. The number of aromatic nitrogens is 2. The van der Waals surface area contributed by atoms with Gasteiger partial charge in [-0.15, -0.1) is 0 Å². The Morgan fingerprint density at radius 2 is 2.12 bits per heavy atom. The molecule has 0 radical (unpaired) electrons. The maximum Gasteiger partial charge on any atom is 0.224 e. The van der Waals surface area contributed by atoms with E-state index in [1.807, 2.05) is 40.9 Å². The summed E-state index contributed by atoms with van der Waals surface area (Å²) in [5, 5.41) is 2.96. The molecule has 0 saturated carbocycles. The van der Waals surface area contributed by atoms with E-state index >= 15 is 0 Å². The summed E-state index contributed by atoms with van der Waals surface area (Å²) in [5.74, 6) is 1.56. The first kappa shape index (κ1) is 13.7. The van der Waals surface area contributed by atoms with Crippen molar-refractivity contribution in [3.05, 3.63) is 11.8 Å². The highest BCUT2D eigenvalue weighted by Gasteiger charge is 2.06. The van der Waals surface area contributed by atoms with Crippen LogP contribution in [0.2, 0.25) is 0 Å². The summed E-state index contributed by atoms with van der Waals surface area (Å²) >= 11 is 0. The minimum absolute atomic E-state index is 0.267. The van der Waals surface area contributed by atoms with E-state index in [1.54, 1.807) is 0 Å². The third-order valence-electron chi connectivity index (χ3n) is 2.33. The Morgan fingerprint density at radius 3 is 2.71 bits per heavy atom. The lowest BCUT2D eigenvalue weighted by molar-refractivity contribution is 0.0845. The third-order valence-corrected chi connectivity index (χ3v) is 2.33. The smallest absolute Gasteiger partial charge is 0.224 e. The molecule has 1 aromatic heterocycles. The van der Waals surface area contributed by atoms with Crippen LogP contribution in [0.1, 0.15) is 19.5 Å². The van der Waals surface area contributed by atoms with E-state index in [0.717, 1.165) is 18.1 Å². The first-order valence-electron chi connectivity index (χ1n) is 5.89. The van der Waals surface area contributed by atoms with Gasteiger partial charge < -0.3 is 15.0 Å². The SMILES string of the molecule is CNc1nc(C)cc(N(C)CCOC(C)C)n1. The van der Waals surface area contributed by atoms with Crippen LogP contribution in [0.4, 0.5) is 11.8 Å². The highest BCUT2D eigenvalue weighted by Crippen LogP contribution is 2.12. The van der Waals surface area contributed by atoms with Crippen molar-refractivity contribution >= 4 is 11.8 Å². The van der Waals surface area contributed by atoms with Crippen molar-refractivity contribution in [3.8, 4) is 0 Å². The summed E-state index contributed by atoms with van der Waals surface area (Å²) < 4.78 is 5.52. The molecule has 0 aliphatic rings. The molecule has 1 aromatic rings. The maximum atomic E-state index is 5.52. The topological polar surface area (TPSA) is 50.3 Å². The van der Waals surface area contributed by atoms with E-state index in [2.05, 4.69) is 20.2 Å². The molecule has 5 heteroatoms. The van der Waals surface area contributed by atoms with E-state index in [9.17, 15) is 0 Å². The molecule has 0 aliphatic heterocycles. The monoisotopic (exact) mass is 238 g/mol. The Hall–Kier alpha value is -1.36. The van der Waals surface area contributed by atoms with E-state index in [1.165, 1.54) is 0 Å². The number of rotatable bonds is 6. The van der Waals surface area contributed by atoms with E-state index in [4.69, 9.17) is 4.74 Å². The number of nitrogens with zero attached hydrogens (tertiary/aromatic N) is 3. The fourth-order valence-electron chi connectivity index (χ4n) is 1.40. The molecular formula is C12H22N4O. The molecular weight excluding hydrogens is 216 g/mol. The molecule has 1 rings (SSSR count). The molecule has 0 atom stereocenters. The molecule has 0 saturated heterocycles. The zero-order valence-corrected chi connectivity index (χ0v) is 11.3. The van der Waals surface area contributed by atoms with Crippen LogP contribution in [0, 0.1) is 6.92 Å². The summed E-state index contributed by atoms with van der Waals surface area (Å²) in [7, 11) is 3.82. The number of anilines is 2. The predicted molar refractivity (Wildman–Crippen MR) is 70.7 cm³/mol. The number of ether oxygens (including phenoxy) is 1. The van der Waals surface area contributed by atoms with Crippen molar-refractivity contribution in [2.75, 3.05) is 37.5 Å². The van der Waals surface area contributed by atoms with Gasteiger partial charge in [-0.05, 0) is 20.8 Å². The predicted octanol–water partition coefficient (Wildman–Crippen LogP) is 1.69. The lowest BCUT2D eigenvalue weighted by Crippen LogP contribution is -2.25. The standard InChI is InChI=1S/C12H22N4O/c1-9(2)17-7-6-16(5)11-8-10(3)14-12(13-4)15-11/h8-9H,6-7H2,1-5H3,(H,13,14,15). The summed E-state index contributed by atoms with van der Waals surface area (Å²) in [6, 6.07) is 1.97. The number of hydrogen-bond donors (Lipinski definition) is 1. The summed E-state index contributed by atoms with van der Waals surface area (Å²) in [6.45, 7) is 7.55.